The van der Waals surface area contributed by atoms with Gasteiger partial charge in [0.15, 0.2) is 5.69 Å². The topological polar surface area (TPSA) is 113 Å². The van der Waals surface area contributed by atoms with Gasteiger partial charge in [0.2, 0.25) is 0 Å². The second-order valence-electron chi connectivity index (χ2n) is 6.30. The zero-order valence-electron chi connectivity index (χ0n) is 15.1. The highest BCUT2D eigenvalue weighted by Crippen LogP contribution is 2.16. The first-order valence-electron chi connectivity index (χ1n) is 8.18. The molecule has 2 rings (SSSR count). The quantitative estimate of drug-likeness (QED) is 0.731. The van der Waals surface area contributed by atoms with E-state index in [0.29, 0.717) is 16.9 Å². The smallest absolute Gasteiger partial charge is 0.325 e. The minimum absolute atomic E-state index is 0.250. The number of amides is 2. The highest BCUT2D eigenvalue weighted by Gasteiger charge is 2.17. The number of aromatic nitrogens is 2. The van der Waals surface area contributed by atoms with E-state index in [1.54, 1.807) is 29.9 Å². The third-order valence-electron chi connectivity index (χ3n) is 3.86. The van der Waals surface area contributed by atoms with Crippen LogP contribution in [0.5, 0.6) is 0 Å². The van der Waals surface area contributed by atoms with Crippen LogP contribution < -0.4 is 10.6 Å². The summed E-state index contributed by atoms with van der Waals surface area (Å²) in [6.07, 6.45) is 0. The number of carbonyl (C=O) groups excluding carboxylic acids is 2. The largest absolute Gasteiger partial charge is 0.480 e. The van der Waals surface area contributed by atoms with Crippen LogP contribution in [-0.2, 0) is 11.8 Å². The maximum Gasteiger partial charge on any atom is 0.325 e. The average molecular weight is 358 g/mol. The molecule has 0 bridgehead atoms. The van der Waals surface area contributed by atoms with Gasteiger partial charge >= 0.3 is 5.97 Å². The van der Waals surface area contributed by atoms with Crippen molar-refractivity contribution in [3.63, 3.8) is 0 Å². The normalized spacial score (nSPS) is 11.9. The molecule has 1 unspecified atom stereocenters. The second kappa shape index (κ2) is 7.81. The van der Waals surface area contributed by atoms with Crippen molar-refractivity contribution >= 4 is 23.5 Å². The van der Waals surface area contributed by atoms with Crippen molar-refractivity contribution in [2.75, 3.05) is 5.32 Å². The molecule has 8 heteroatoms. The summed E-state index contributed by atoms with van der Waals surface area (Å²) in [6.45, 7) is 5.43. The van der Waals surface area contributed by atoms with Crippen molar-refractivity contribution in [1.82, 2.24) is 15.1 Å². The molecule has 0 aliphatic carbocycles. The van der Waals surface area contributed by atoms with E-state index in [1.165, 1.54) is 19.1 Å². The number of aryl methyl sites for hydroxylation is 1. The van der Waals surface area contributed by atoms with Crippen LogP contribution in [0.2, 0.25) is 0 Å². The van der Waals surface area contributed by atoms with Crippen LogP contribution in [0, 0.1) is 0 Å². The highest BCUT2D eigenvalue weighted by molar-refractivity contribution is 6.03. The summed E-state index contributed by atoms with van der Waals surface area (Å²) in [6, 6.07) is 6.93. The molecule has 0 saturated heterocycles. The molecule has 2 amide bonds. The van der Waals surface area contributed by atoms with E-state index in [2.05, 4.69) is 15.7 Å². The van der Waals surface area contributed by atoms with Gasteiger partial charge in [-0.05, 0) is 43.2 Å². The highest BCUT2D eigenvalue weighted by atomic mass is 16.4. The lowest BCUT2D eigenvalue weighted by atomic mass is 10.1. The van der Waals surface area contributed by atoms with Gasteiger partial charge in [0.05, 0.1) is 0 Å². The number of benzene rings is 1. The van der Waals surface area contributed by atoms with E-state index in [4.69, 9.17) is 5.11 Å². The molecule has 0 fully saturated rings. The molecular formula is C18H22N4O4. The molecule has 1 atom stereocenters. The summed E-state index contributed by atoms with van der Waals surface area (Å²) >= 11 is 0. The van der Waals surface area contributed by atoms with Gasteiger partial charge in [-0.3, -0.25) is 19.1 Å². The first-order valence-corrected chi connectivity index (χ1v) is 8.18. The number of hydrogen-bond acceptors (Lipinski definition) is 4. The molecule has 0 aliphatic rings. The maximum atomic E-state index is 12.3. The molecule has 1 heterocycles. The van der Waals surface area contributed by atoms with E-state index in [0.717, 1.165) is 5.69 Å². The molecule has 1 aromatic heterocycles. The number of aliphatic carboxylic acids is 1. The Morgan fingerprint density at radius 2 is 1.69 bits per heavy atom. The Bertz CT molecular complexity index is 824. The first kappa shape index (κ1) is 19.2. The van der Waals surface area contributed by atoms with E-state index in [1.807, 2.05) is 13.8 Å². The lowest BCUT2D eigenvalue weighted by Crippen LogP contribution is -2.38. The number of carboxylic acids is 1. The zero-order chi connectivity index (χ0) is 19.4. The third kappa shape index (κ3) is 4.47. The molecule has 26 heavy (non-hydrogen) atoms. The van der Waals surface area contributed by atoms with Gasteiger partial charge in [-0.25, -0.2) is 0 Å². The van der Waals surface area contributed by atoms with E-state index in [-0.39, 0.29) is 11.8 Å². The summed E-state index contributed by atoms with van der Waals surface area (Å²) in [5.74, 6) is -1.70. The van der Waals surface area contributed by atoms with Crippen LogP contribution in [0.1, 0.15) is 53.2 Å². The Balaban J connectivity index is 2.04. The number of nitrogens with zero attached hydrogens (tertiary/aromatic N) is 2. The number of carbonyl (C=O) groups is 3. The fourth-order valence-electron chi connectivity index (χ4n) is 2.37. The predicted octanol–water partition coefficient (Wildman–Crippen LogP) is 2.00. The lowest BCUT2D eigenvalue weighted by molar-refractivity contribution is -0.138. The van der Waals surface area contributed by atoms with Crippen molar-refractivity contribution < 1.29 is 19.5 Å². The average Bonchev–Trinajstić information content (AvgIpc) is 2.97. The van der Waals surface area contributed by atoms with Gasteiger partial charge in [-0.2, -0.15) is 5.10 Å². The Morgan fingerprint density at radius 1 is 1.08 bits per heavy atom. The van der Waals surface area contributed by atoms with Crippen molar-refractivity contribution in [3.05, 3.63) is 47.3 Å². The summed E-state index contributed by atoms with van der Waals surface area (Å²) in [4.78, 5) is 35.0. The van der Waals surface area contributed by atoms with Crippen LogP contribution in [0.3, 0.4) is 0 Å². The Hall–Kier alpha value is -3.16. The fourth-order valence-corrected chi connectivity index (χ4v) is 2.37. The van der Waals surface area contributed by atoms with Crippen molar-refractivity contribution in [2.45, 2.75) is 32.7 Å². The minimum atomic E-state index is -1.11. The van der Waals surface area contributed by atoms with Crippen molar-refractivity contribution in [2.24, 2.45) is 7.05 Å². The Labute approximate surface area is 151 Å². The molecule has 0 aliphatic heterocycles. The first-order chi connectivity index (χ1) is 12.2. The lowest BCUT2D eigenvalue weighted by Gasteiger charge is -2.09. The zero-order valence-corrected chi connectivity index (χ0v) is 15.1. The van der Waals surface area contributed by atoms with Gasteiger partial charge in [0.1, 0.15) is 6.04 Å². The van der Waals surface area contributed by atoms with E-state index in [9.17, 15) is 14.4 Å². The van der Waals surface area contributed by atoms with Crippen LogP contribution in [-0.4, -0.2) is 38.7 Å². The van der Waals surface area contributed by atoms with Gasteiger partial charge in [0, 0.05) is 24.0 Å². The van der Waals surface area contributed by atoms with Gasteiger partial charge in [-0.1, -0.05) is 13.8 Å². The number of rotatable bonds is 6. The molecular weight excluding hydrogens is 336 g/mol. The molecule has 0 radical (unpaired) electrons. The van der Waals surface area contributed by atoms with Gasteiger partial charge in [-0.15, -0.1) is 0 Å². The number of nitrogens with one attached hydrogen (secondary N) is 2. The maximum absolute atomic E-state index is 12.3. The Kier molecular flexibility index (Phi) is 5.76. The standard InChI is InChI=1S/C18H22N4O4/c1-10(2)15-9-14(21-22(15)4)17(24)20-13-7-5-12(6-8-13)16(23)19-11(3)18(25)26/h5-11H,1-4H3,(H,19,23)(H,20,24)(H,25,26). The van der Waals surface area contributed by atoms with E-state index < -0.39 is 17.9 Å². The van der Waals surface area contributed by atoms with Crippen LogP contribution in [0.25, 0.3) is 0 Å². The molecule has 3 N–H and O–H groups in total. The molecule has 1 aromatic carbocycles. The fraction of sp³-hybridized carbons (Fsp3) is 0.333. The number of carboxylic acid groups (broad SMARTS) is 1. The third-order valence-corrected chi connectivity index (χ3v) is 3.86. The van der Waals surface area contributed by atoms with Crippen molar-refractivity contribution in [1.29, 1.82) is 0 Å². The number of hydrogen-bond donors (Lipinski definition) is 3. The van der Waals surface area contributed by atoms with Gasteiger partial charge < -0.3 is 15.7 Å². The Morgan fingerprint density at radius 3 is 2.19 bits per heavy atom. The van der Waals surface area contributed by atoms with Crippen LogP contribution in [0.4, 0.5) is 5.69 Å². The molecule has 138 valence electrons. The van der Waals surface area contributed by atoms with Crippen molar-refractivity contribution in [3.8, 4) is 0 Å². The number of anilines is 1. The molecule has 0 saturated carbocycles. The van der Waals surface area contributed by atoms with Gasteiger partial charge in [0.25, 0.3) is 11.8 Å². The van der Waals surface area contributed by atoms with Crippen LogP contribution >= 0.6 is 0 Å². The predicted molar refractivity (Wildman–Crippen MR) is 96.3 cm³/mol. The second-order valence-corrected chi connectivity index (χ2v) is 6.30. The van der Waals surface area contributed by atoms with Crippen LogP contribution in [0.15, 0.2) is 30.3 Å². The molecule has 8 nitrogen and oxygen atoms in total. The molecule has 2 aromatic rings. The summed E-state index contributed by atoms with van der Waals surface area (Å²) < 4.78 is 1.68. The summed E-state index contributed by atoms with van der Waals surface area (Å²) in [7, 11) is 1.79. The monoisotopic (exact) mass is 358 g/mol. The summed E-state index contributed by atoms with van der Waals surface area (Å²) in [5.41, 5.74) is 2.08. The summed E-state index contributed by atoms with van der Waals surface area (Å²) in [5, 5.41) is 18.1. The molecule has 0 spiro atoms. The van der Waals surface area contributed by atoms with E-state index >= 15 is 0 Å². The minimum Gasteiger partial charge on any atom is -0.480 e. The SMILES string of the molecule is CC(NC(=O)c1ccc(NC(=O)c2cc(C(C)C)n(C)n2)cc1)C(=O)O.